The van der Waals surface area contributed by atoms with Crippen molar-refractivity contribution in [3.63, 3.8) is 0 Å². The summed E-state index contributed by atoms with van der Waals surface area (Å²) in [7, 11) is 1.12. The van der Waals surface area contributed by atoms with Crippen molar-refractivity contribution in [2.75, 3.05) is 13.7 Å². The molecule has 0 saturated heterocycles. The Labute approximate surface area is 100 Å². The van der Waals surface area contributed by atoms with Crippen LogP contribution in [0.4, 0.5) is 10.1 Å². The fourth-order valence-electron chi connectivity index (χ4n) is 0.993. The highest BCUT2D eigenvalue weighted by molar-refractivity contribution is 6.32. The topological polar surface area (TPSA) is 78.7 Å². The van der Waals surface area contributed by atoms with Gasteiger partial charge in [-0.3, -0.25) is 10.1 Å². The molecule has 0 saturated carbocycles. The Morgan fingerprint density at radius 3 is 2.76 bits per heavy atom. The van der Waals surface area contributed by atoms with Crippen molar-refractivity contribution in [3.05, 3.63) is 33.1 Å². The van der Waals surface area contributed by atoms with E-state index in [0.29, 0.717) is 0 Å². The Hall–Kier alpha value is -1.89. The molecule has 17 heavy (non-hydrogen) atoms. The van der Waals surface area contributed by atoms with E-state index in [0.717, 1.165) is 19.2 Å². The summed E-state index contributed by atoms with van der Waals surface area (Å²) >= 11 is 5.51. The van der Waals surface area contributed by atoms with E-state index < -0.39 is 39.8 Å². The number of methoxy groups -OCH3 is 1. The van der Waals surface area contributed by atoms with Crippen LogP contribution in [0.5, 0.6) is 5.75 Å². The van der Waals surface area contributed by atoms with Gasteiger partial charge in [-0.1, -0.05) is 11.6 Å². The van der Waals surface area contributed by atoms with E-state index in [2.05, 4.69) is 4.74 Å². The van der Waals surface area contributed by atoms with Crippen LogP contribution in [0.25, 0.3) is 0 Å². The van der Waals surface area contributed by atoms with Crippen molar-refractivity contribution in [2.45, 2.75) is 0 Å². The maximum atomic E-state index is 13.1. The van der Waals surface area contributed by atoms with Crippen molar-refractivity contribution in [1.82, 2.24) is 0 Å². The monoisotopic (exact) mass is 263 g/mol. The second-order valence-corrected chi connectivity index (χ2v) is 3.21. The number of hydrogen-bond donors (Lipinski definition) is 0. The predicted octanol–water partition coefficient (Wildman–Crippen LogP) is 1.94. The normalized spacial score (nSPS) is 9.82. The third-order valence-corrected chi connectivity index (χ3v) is 2.14. The number of rotatable bonds is 4. The number of halogens is 2. The fraction of sp³-hybridized carbons (Fsp3) is 0.222. The van der Waals surface area contributed by atoms with Gasteiger partial charge in [-0.15, -0.1) is 0 Å². The van der Waals surface area contributed by atoms with Gasteiger partial charge in [-0.05, 0) is 6.07 Å². The summed E-state index contributed by atoms with van der Waals surface area (Å²) in [6.07, 6.45) is 0. The van der Waals surface area contributed by atoms with Crippen LogP contribution in [0.15, 0.2) is 12.1 Å². The SMILES string of the molecule is COC(=O)COc1c([N+](=O)[O-])ccc(F)c1Cl. The van der Waals surface area contributed by atoms with Crippen molar-refractivity contribution < 1.29 is 23.6 Å². The van der Waals surface area contributed by atoms with Gasteiger partial charge in [0.25, 0.3) is 0 Å². The van der Waals surface area contributed by atoms with Gasteiger partial charge < -0.3 is 9.47 Å². The van der Waals surface area contributed by atoms with Crippen LogP contribution in [0.1, 0.15) is 0 Å². The van der Waals surface area contributed by atoms with E-state index in [-0.39, 0.29) is 0 Å². The zero-order chi connectivity index (χ0) is 13.0. The van der Waals surface area contributed by atoms with Crippen molar-refractivity contribution in [2.24, 2.45) is 0 Å². The van der Waals surface area contributed by atoms with Crippen molar-refractivity contribution in [1.29, 1.82) is 0 Å². The Morgan fingerprint density at radius 1 is 1.59 bits per heavy atom. The molecule has 1 aromatic carbocycles. The number of carbonyl (C=O) groups is 1. The van der Waals surface area contributed by atoms with E-state index >= 15 is 0 Å². The molecule has 0 spiro atoms. The van der Waals surface area contributed by atoms with Crippen molar-refractivity contribution >= 4 is 23.3 Å². The van der Waals surface area contributed by atoms with E-state index in [1.165, 1.54) is 0 Å². The molecule has 92 valence electrons. The van der Waals surface area contributed by atoms with Crippen LogP contribution in [0, 0.1) is 15.9 Å². The lowest BCUT2D eigenvalue weighted by atomic mass is 10.3. The summed E-state index contributed by atoms with van der Waals surface area (Å²) in [5.74, 6) is -2.14. The molecule has 0 bridgehead atoms. The second-order valence-electron chi connectivity index (χ2n) is 2.83. The van der Waals surface area contributed by atoms with Crippen molar-refractivity contribution in [3.8, 4) is 5.75 Å². The number of ether oxygens (including phenoxy) is 2. The summed E-state index contributed by atoms with van der Waals surface area (Å²) in [6, 6.07) is 1.74. The van der Waals surface area contributed by atoms with Gasteiger partial charge in [0, 0.05) is 6.07 Å². The molecule has 0 heterocycles. The average Bonchev–Trinajstić information content (AvgIpc) is 2.30. The third kappa shape index (κ3) is 3.04. The molecule has 8 heteroatoms. The van der Waals surface area contributed by atoms with E-state index in [1.807, 2.05) is 0 Å². The summed E-state index contributed by atoms with van der Waals surface area (Å²) in [5, 5.41) is 10.1. The lowest BCUT2D eigenvalue weighted by molar-refractivity contribution is -0.385. The minimum absolute atomic E-state index is 0.498. The first-order chi connectivity index (χ1) is 7.97. The highest BCUT2D eigenvalue weighted by Crippen LogP contribution is 2.36. The summed E-state index contributed by atoms with van der Waals surface area (Å²) < 4.78 is 22.1. The molecule has 0 radical (unpaired) electrons. The van der Waals surface area contributed by atoms with Gasteiger partial charge >= 0.3 is 11.7 Å². The molecule has 0 atom stereocenters. The average molecular weight is 264 g/mol. The standard InChI is InChI=1S/C9H7ClFNO5/c1-16-7(13)4-17-9-6(12(14)15)3-2-5(11)8(9)10/h2-3H,4H2,1H3. The highest BCUT2D eigenvalue weighted by Gasteiger charge is 2.22. The first-order valence-corrected chi connectivity index (χ1v) is 4.67. The van der Waals surface area contributed by atoms with Gasteiger partial charge in [0.15, 0.2) is 6.61 Å². The van der Waals surface area contributed by atoms with Crippen LogP contribution in [-0.4, -0.2) is 24.6 Å². The Bertz CT molecular complexity index is 465. The first-order valence-electron chi connectivity index (χ1n) is 4.29. The summed E-state index contributed by atoms with van der Waals surface area (Å²) in [4.78, 5) is 20.6. The number of benzene rings is 1. The van der Waals surface area contributed by atoms with Crippen LogP contribution in [0.2, 0.25) is 5.02 Å². The van der Waals surface area contributed by atoms with Gasteiger partial charge in [0.1, 0.15) is 10.8 Å². The summed E-state index contributed by atoms with van der Waals surface area (Å²) in [6.45, 7) is -0.597. The molecule has 0 unspecified atom stereocenters. The van der Waals surface area contributed by atoms with Crippen LogP contribution >= 0.6 is 11.6 Å². The van der Waals surface area contributed by atoms with Gasteiger partial charge in [-0.25, -0.2) is 9.18 Å². The third-order valence-electron chi connectivity index (χ3n) is 1.79. The Morgan fingerprint density at radius 2 is 2.24 bits per heavy atom. The number of hydrogen-bond acceptors (Lipinski definition) is 5. The molecule has 1 rings (SSSR count). The lowest BCUT2D eigenvalue weighted by Gasteiger charge is -2.07. The molecule has 0 amide bonds. The molecule has 0 fully saturated rings. The summed E-state index contributed by atoms with van der Waals surface area (Å²) in [5.41, 5.74) is -0.527. The molecule has 0 aliphatic rings. The van der Waals surface area contributed by atoms with E-state index in [9.17, 15) is 19.3 Å². The van der Waals surface area contributed by atoms with E-state index in [1.54, 1.807) is 0 Å². The van der Waals surface area contributed by atoms with Gasteiger partial charge in [0.05, 0.1) is 12.0 Å². The first kappa shape index (κ1) is 13.2. The quantitative estimate of drug-likeness (QED) is 0.471. The molecule has 0 N–H and O–H groups in total. The lowest BCUT2D eigenvalue weighted by Crippen LogP contribution is -2.13. The number of nitro benzene ring substituents is 1. The molecular formula is C9H7ClFNO5. The molecule has 0 aliphatic carbocycles. The number of nitrogens with zero attached hydrogens (tertiary/aromatic N) is 1. The highest BCUT2D eigenvalue weighted by atomic mass is 35.5. The molecule has 0 aliphatic heterocycles. The number of nitro groups is 1. The largest absolute Gasteiger partial charge is 0.474 e. The van der Waals surface area contributed by atoms with Gasteiger partial charge in [-0.2, -0.15) is 0 Å². The predicted molar refractivity (Wildman–Crippen MR) is 55.6 cm³/mol. The smallest absolute Gasteiger partial charge is 0.343 e. The zero-order valence-electron chi connectivity index (χ0n) is 8.61. The molecule has 1 aromatic rings. The zero-order valence-corrected chi connectivity index (χ0v) is 9.36. The minimum atomic E-state index is -0.878. The van der Waals surface area contributed by atoms with Crippen LogP contribution in [0.3, 0.4) is 0 Å². The number of carbonyl (C=O) groups excluding carboxylic acids is 1. The fourth-order valence-corrected chi connectivity index (χ4v) is 1.21. The Balaban J connectivity index is 3.06. The second kappa shape index (κ2) is 5.44. The number of esters is 1. The minimum Gasteiger partial charge on any atom is -0.474 e. The van der Waals surface area contributed by atoms with Crippen LogP contribution in [-0.2, 0) is 9.53 Å². The maximum absolute atomic E-state index is 13.1. The Kier molecular flexibility index (Phi) is 4.22. The van der Waals surface area contributed by atoms with E-state index in [4.69, 9.17) is 16.3 Å². The molecular weight excluding hydrogens is 257 g/mol. The molecule has 6 nitrogen and oxygen atoms in total. The van der Waals surface area contributed by atoms with Crippen LogP contribution < -0.4 is 4.74 Å². The maximum Gasteiger partial charge on any atom is 0.343 e. The van der Waals surface area contributed by atoms with Gasteiger partial charge in [0.2, 0.25) is 5.75 Å². The molecule has 0 aromatic heterocycles.